The van der Waals surface area contributed by atoms with E-state index < -0.39 is 0 Å². The molecule has 8 rings (SSSR count). The molecule has 0 N–H and O–H groups in total. The van der Waals surface area contributed by atoms with E-state index in [4.69, 9.17) is 18.9 Å². The van der Waals surface area contributed by atoms with E-state index >= 15 is 0 Å². The van der Waals surface area contributed by atoms with Gasteiger partial charge in [-0.3, -0.25) is 9.69 Å². The topological polar surface area (TPSA) is 91.2 Å². The van der Waals surface area contributed by atoms with Gasteiger partial charge in [0, 0.05) is 43.3 Å². The smallest absolute Gasteiger partial charge is 0.254 e. The van der Waals surface area contributed by atoms with Crippen molar-refractivity contribution in [1.82, 2.24) is 24.8 Å². The average molecular weight is 494 g/mol. The van der Waals surface area contributed by atoms with Crippen LogP contribution in [0.5, 0.6) is 23.0 Å². The molecule has 1 saturated heterocycles. The second-order valence-electron chi connectivity index (χ2n) is 8.99. The lowest BCUT2D eigenvalue weighted by molar-refractivity contribution is 0.0492. The van der Waals surface area contributed by atoms with Crippen molar-refractivity contribution < 1.29 is 23.7 Å². The number of rotatable bonds is 2. The lowest BCUT2D eigenvalue weighted by Gasteiger charge is -2.40. The summed E-state index contributed by atoms with van der Waals surface area (Å²) in [5, 5.41) is 8.43. The summed E-state index contributed by atoms with van der Waals surface area (Å²) in [6, 6.07) is 11.4. The van der Waals surface area contributed by atoms with Crippen LogP contribution >= 0.6 is 0 Å². The number of benzene rings is 2. The van der Waals surface area contributed by atoms with Crippen LogP contribution in [-0.2, 0) is 19.7 Å². The molecule has 2 atom stereocenters. The number of carbonyl (C=O) groups excluding carboxylic acids is 1. The molecule has 2 unspecified atom stereocenters. The monoisotopic (exact) mass is 493 g/mol. The van der Waals surface area contributed by atoms with Crippen LogP contribution in [0.25, 0.3) is 0 Å². The molecule has 6 heterocycles. The van der Waals surface area contributed by atoms with Gasteiger partial charge in [-0.1, -0.05) is 17.3 Å². The minimum atomic E-state index is -0.0127. The van der Waals surface area contributed by atoms with Crippen molar-refractivity contribution >= 4 is 5.91 Å². The molecule has 3 aromatic rings. The summed E-state index contributed by atoms with van der Waals surface area (Å²) in [4.78, 5) is 17.6. The van der Waals surface area contributed by atoms with Crippen LogP contribution in [0.4, 0.5) is 0 Å². The Morgan fingerprint density at radius 1 is 1.03 bits per heavy atom. The van der Waals surface area contributed by atoms with Gasteiger partial charge in [0.05, 0.1) is 27.0 Å². The fraction of sp³-hybridized carbons (Fsp3) is 0.423. The summed E-state index contributed by atoms with van der Waals surface area (Å²) in [6.07, 6.45) is 1.84. The average Bonchev–Trinajstić information content (AvgIpc) is 3.35. The predicted octanol–water partition coefficient (Wildman–Crippen LogP) is 2.61. The largest absolute Gasteiger partial charge is 0.493 e. The van der Waals surface area contributed by atoms with Crippen molar-refractivity contribution in [2.45, 2.75) is 32.7 Å². The van der Waals surface area contributed by atoms with Gasteiger partial charge in [0.25, 0.3) is 5.91 Å². The highest BCUT2D eigenvalue weighted by atomic mass is 16.5. The van der Waals surface area contributed by atoms with E-state index in [9.17, 15) is 4.79 Å². The summed E-state index contributed by atoms with van der Waals surface area (Å²) >= 11 is 0. The number of hydrogen-bond acceptors (Lipinski definition) is 8. The van der Waals surface area contributed by atoms with Gasteiger partial charge in [0.2, 0.25) is 0 Å². The third-order valence-electron chi connectivity index (χ3n) is 6.65. The zero-order chi connectivity index (χ0) is 25.1. The van der Waals surface area contributed by atoms with Crippen LogP contribution in [0.1, 0.15) is 28.5 Å². The number of para-hydroxylation sites is 1. The highest BCUT2D eigenvalue weighted by Gasteiger charge is 2.29. The Morgan fingerprint density at radius 3 is 2.69 bits per heavy atom. The fourth-order valence-corrected chi connectivity index (χ4v) is 4.66. The van der Waals surface area contributed by atoms with Crippen LogP contribution in [0, 0.1) is 0 Å². The molecule has 10 nitrogen and oxygen atoms in total. The predicted molar refractivity (Wildman–Crippen MR) is 132 cm³/mol. The zero-order valence-corrected chi connectivity index (χ0v) is 20.8. The molecular weight excluding hydrogens is 462 g/mol. The van der Waals surface area contributed by atoms with Crippen molar-refractivity contribution in [3.63, 3.8) is 0 Å². The third-order valence-corrected chi connectivity index (χ3v) is 6.65. The molecule has 10 heteroatoms. The standard InChI is InChI=1S/C26H31N5O5/c1-18-14-30-10-9-29(18)15-20-5-4-6-23(33-2)25(20)36-17-21-16-31(28-27-21)11-12-35-22-8-7-19(26(30)32)13-24(22)34-3/h4-8,13,16,18H,9-12,14-15,17H2,1-3H3. The molecule has 190 valence electrons. The Morgan fingerprint density at radius 2 is 1.89 bits per heavy atom. The molecule has 0 saturated carbocycles. The molecule has 1 aromatic heterocycles. The maximum absolute atomic E-state index is 13.3. The SMILES string of the molecule is COc1cc2ccc1OCCn1cc(nn1)COc1c(cccc1OC)CN1CCN(CC1C)C2=O. The number of amides is 1. The summed E-state index contributed by atoms with van der Waals surface area (Å²) in [5.74, 6) is 2.47. The summed E-state index contributed by atoms with van der Waals surface area (Å²) < 4.78 is 25.0. The van der Waals surface area contributed by atoms with E-state index in [1.54, 1.807) is 37.1 Å². The Kier molecular flexibility index (Phi) is 6.95. The highest BCUT2D eigenvalue weighted by Crippen LogP contribution is 2.34. The number of hydrogen-bond donors (Lipinski definition) is 0. The van der Waals surface area contributed by atoms with E-state index in [1.807, 2.05) is 23.2 Å². The molecule has 5 aliphatic rings. The number of aromatic nitrogens is 3. The lowest BCUT2D eigenvalue weighted by Crippen LogP contribution is -2.53. The summed E-state index contributed by atoms with van der Waals surface area (Å²) in [5.41, 5.74) is 2.32. The molecule has 1 amide bonds. The normalized spacial score (nSPS) is 20.3. The van der Waals surface area contributed by atoms with Crippen molar-refractivity contribution in [2.24, 2.45) is 0 Å². The summed E-state index contributed by atoms with van der Waals surface area (Å²) in [6.45, 7) is 5.96. The van der Waals surface area contributed by atoms with Gasteiger partial charge in [0.1, 0.15) is 18.9 Å². The number of piperazine rings is 1. The van der Waals surface area contributed by atoms with Gasteiger partial charge < -0.3 is 23.8 Å². The fourth-order valence-electron chi connectivity index (χ4n) is 4.66. The Balaban J connectivity index is 1.46. The molecule has 6 bridgehead atoms. The number of ether oxygens (including phenoxy) is 4. The van der Waals surface area contributed by atoms with Gasteiger partial charge >= 0.3 is 0 Å². The van der Waals surface area contributed by atoms with Gasteiger partial charge in [-0.05, 0) is 31.2 Å². The number of carbonyl (C=O) groups is 1. The van der Waals surface area contributed by atoms with E-state index in [2.05, 4.69) is 28.2 Å². The van der Waals surface area contributed by atoms with Crippen molar-refractivity contribution in [1.29, 1.82) is 0 Å². The van der Waals surface area contributed by atoms with E-state index in [-0.39, 0.29) is 18.6 Å². The minimum Gasteiger partial charge on any atom is -0.493 e. The Hall–Kier alpha value is -3.79. The highest BCUT2D eigenvalue weighted by molar-refractivity contribution is 5.95. The van der Waals surface area contributed by atoms with Crippen LogP contribution < -0.4 is 18.9 Å². The second-order valence-corrected chi connectivity index (χ2v) is 8.99. The number of methoxy groups -OCH3 is 2. The van der Waals surface area contributed by atoms with Gasteiger partial charge in [-0.25, -0.2) is 4.68 Å². The molecular formula is C26H31N5O5. The molecule has 1 fully saturated rings. The van der Waals surface area contributed by atoms with Crippen LogP contribution in [0.2, 0.25) is 0 Å². The first-order valence-electron chi connectivity index (χ1n) is 12.1. The van der Waals surface area contributed by atoms with E-state index in [0.29, 0.717) is 67.0 Å². The van der Waals surface area contributed by atoms with Crippen molar-refractivity contribution in [2.75, 3.05) is 40.5 Å². The third kappa shape index (κ3) is 4.94. The molecule has 0 aliphatic carbocycles. The Labute approximate surface area is 210 Å². The first kappa shape index (κ1) is 23.9. The van der Waals surface area contributed by atoms with Gasteiger partial charge in [-0.15, -0.1) is 5.10 Å². The minimum absolute atomic E-state index is 0.0127. The summed E-state index contributed by atoms with van der Waals surface area (Å²) in [7, 11) is 3.22. The Bertz CT molecular complexity index is 1230. The van der Waals surface area contributed by atoms with E-state index in [1.165, 1.54) is 0 Å². The first-order valence-corrected chi connectivity index (χ1v) is 12.1. The quantitative estimate of drug-likeness (QED) is 0.538. The molecule has 36 heavy (non-hydrogen) atoms. The first-order chi connectivity index (χ1) is 17.6. The molecule has 0 radical (unpaired) electrons. The van der Waals surface area contributed by atoms with Crippen LogP contribution in [-0.4, -0.2) is 77.2 Å². The van der Waals surface area contributed by atoms with Crippen molar-refractivity contribution in [3.05, 3.63) is 59.4 Å². The lowest BCUT2D eigenvalue weighted by atomic mass is 10.1. The van der Waals surface area contributed by atoms with Gasteiger partial charge in [-0.2, -0.15) is 0 Å². The zero-order valence-electron chi connectivity index (χ0n) is 20.8. The van der Waals surface area contributed by atoms with Gasteiger partial charge in [0.15, 0.2) is 23.0 Å². The van der Waals surface area contributed by atoms with Crippen molar-refractivity contribution in [3.8, 4) is 23.0 Å². The maximum atomic E-state index is 13.3. The molecule has 5 aliphatic heterocycles. The van der Waals surface area contributed by atoms with Crippen LogP contribution in [0.3, 0.4) is 0 Å². The maximum Gasteiger partial charge on any atom is 0.254 e. The molecule has 0 spiro atoms. The van der Waals surface area contributed by atoms with Crippen LogP contribution in [0.15, 0.2) is 42.6 Å². The number of nitrogens with zero attached hydrogens (tertiary/aromatic N) is 5. The second kappa shape index (κ2) is 10.4. The van der Waals surface area contributed by atoms with E-state index in [0.717, 1.165) is 12.1 Å². The molecule has 2 aromatic carbocycles.